The number of para-hydroxylation sites is 1. The molecule has 7 nitrogen and oxygen atoms in total. The summed E-state index contributed by atoms with van der Waals surface area (Å²) in [5.41, 5.74) is 6.09. The van der Waals surface area contributed by atoms with Crippen LogP contribution in [0.4, 0.5) is 5.69 Å². The first-order chi connectivity index (χ1) is 18.4. The molecule has 0 spiro atoms. The predicted molar refractivity (Wildman–Crippen MR) is 145 cm³/mol. The molecule has 2 aromatic carbocycles. The number of rotatable bonds is 7. The summed E-state index contributed by atoms with van der Waals surface area (Å²) in [6.07, 6.45) is 4.30. The molecule has 2 aromatic rings. The number of carbonyl (C=O) groups is 3. The first-order valence-corrected chi connectivity index (χ1v) is 13.4. The molecule has 38 heavy (non-hydrogen) atoms. The Hall–Kier alpha value is -3.87. The van der Waals surface area contributed by atoms with Gasteiger partial charge in [-0.2, -0.15) is 0 Å². The molecular weight excluding hydrogens is 480 g/mol. The minimum absolute atomic E-state index is 0.110. The molecule has 3 aliphatic rings. The summed E-state index contributed by atoms with van der Waals surface area (Å²) in [5.74, 6) is 0.472. The number of hydrogen-bond donors (Lipinski definition) is 1. The van der Waals surface area contributed by atoms with Crippen LogP contribution < -0.4 is 14.8 Å². The molecule has 2 aliphatic carbocycles. The number of ketones is 2. The number of nitrogens with one attached hydrogen (secondary N) is 1. The predicted octanol–water partition coefficient (Wildman–Crippen LogP) is 5.45. The van der Waals surface area contributed by atoms with E-state index >= 15 is 0 Å². The van der Waals surface area contributed by atoms with Gasteiger partial charge in [0.05, 0.1) is 6.61 Å². The number of aryl methyl sites for hydroxylation is 1. The molecule has 0 aromatic heterocycles. The van der Waals surface area contributed by atoms with Gasteiger partial charge >= 0.3 is 0 Å². The van der Waals surface area contributed by atoms with E-state index in [1.807, 2.05) is 57.3 Å². The lowest BCUT2D eigenvalue weighted by atomic mass is 9.71. The van der Waals surface area contributed by atoms with E-state index < -0.39 is 5.92 Å². The number of Topliss-reactive ketones (excluding diaryl/α,β-unsaturated/α-hetero) is 2. The Labute approximate surface area is 223 Å². The van der Waals surface area contributed by atoms with E-state index in [0.717, 1.165) is 65.0 Å². The van der Waals surface area contributed by atoms with Crippen molar-refractivity contribution < 1.29 is 23.9 Å². The quantitative estimate of drug-likeness (QED) is 0.529. The molecule has 0 atom stereocenters. The van der Waals surface area contributed by atoms with Crippen molar-refractivity contribution in [2.75, 3.05) is 25.6 Å². The molecule has 0 bridgehead atoms. The van der Waals surface area contributed by atoms with Crippen LogP contribution in [0.1, 0.15) is 62.5 Å². The molecule has 5 rings (SSSR count). The topological polar surface area (TPSA) is 84.9 Å². The van der Waals surface area contributed by atoms with Crippen molar-refractivity contribution in [3.8, 4) is 11.5 Å². The van der Waals surface area contributed by atoms with Crippen LogP contribution in [0, 0.1) is 6.92 Å². The number of allylic oxidation sites excluding steroid dienone is 4. The maximum atomic E-state index is 13.2. The van der Waals surface area contributed by atoms with Gasteiger partial charge in [0.2, 0.25) is 0 Å². The molecule has 1 N–H and O–H groups in total. The Morgan fingerprint density at radius 1 is 0.921 bits per heavy atom. The first kappa shape index (κ1) is 25.8. The maximum Gasteiger partial charge on any atom is 0.262 e. The fourth-order valence-corrected chi connectivity index (χ4v) is 5.82. The number of carbonyl (C=O) groups excluding carboxylic acids is 3. The third-order valence-electron chi connectivity index (χ3n) is 7.62. The summed E-state index contributed by atoms with van der Waals surface area (Å²) in [6.45, 7) is 4.04. The van der Waals surface area contributed by atoms with Crippen molar-refractivity contribution in [2.45, 2.75) is 58.3 Å². The largest absolute Gasteiger partial charge is 0.490 e. The second kappa shape index (κ2) is 10.9. The average Bonchev–Trinajstić information content (AvgIpc) is 2.91. The summed E-state index contributed by atoms with van der Waals surface area (Å²) in [4.78, 5) is 41.2. The van der Waals surface area contributed by atoms with E-state index in [1.165, 1.54) is 0 Å². The SMILES string of the molecule is CCOc1cc(C2C3=C(CCCC3=O)N(C)C3=C2C(=O)CCC3)ccc1OCC(=O)Nc1ccccc1C. The summed E-state index contributed by atoms with van der Waals surface area (Å²) >= 11 is 0. The molecule has 1 heterocycles. The molecule has 0 saturated heterocycles. The zero-order valence-corrected chi connectivity index (χ0v) is 22.3. The van der Waals surface area contributed by atoms with E-state index in [0.29, 0.717) is 30.9 Å². The molecular formula is C31H34N2O5. The fraction of sp³-hybridized carbons (Fsp3) is 0.387. The average molecular weight is 515 g/mol. The number of amides is 1. The van der Waals surface area contributed by atoms with Crippen molar-refractivity contribution in [1.29, 1.82) is 0 Å². The number of nitrogens with zero attached hydrogens (tertiary/aromatic N) is 1. The minimum atomic E-state index is -0.408. The van der Waals surface area contributed by atoms with Gasteiger partial charge in [-0.05, 0) is 68.9 Å². The van der Waals surface area contributed by atoms with Crippen LogP contribution in [-0.2, 0) is 14.4 Å². The van der Waals surface area contributed by atoms with Gasteiger partial charge in [0.1, 0.15) is 0 Å². The smallest absolute Gasteiger partial charge is 0.262 e. The van der Waals surface area contributed by atoms with Crippen LogP contribution in [0.15, 0.2) is 65.0 Å². The van der Waals surface area contributed by atoms with Crippen molar-refractivity contribution in [1.82, 2.24) is 4.90 Å². The highest BCUT2D eigenvalue weighted by molar-refractivity contribution is 6.06. The third kappa shape index (κ3) is 4.85. The van der Waals surface area contributed by atoms with E-state index in [-0.39, 0.29) is 24.1 Å². The monoisotopic (exact) mass is 514 g/mol. The van der Waals surface area contributed by atoms with Crippen LogP contribution in [0.5, 0.6) is 11.5 Å². The Kier molecular flexibility index (Phi) is 7.36. The Bertz CT molecular complexity index is 1310. The number of benzene rings is 2. The molecule has 0 unspecified atom stereocenters. The highest BCUT2D eigenvalue weighted by atomic mass is 16.5. The third-order valence-corrected chi connectivity index (χ3v) is 7.62. The van der Waals surface area contributed by atoms with Gasteiger partial charge in [0, 0.05) is 54.0 Å². The van der Waals surface area contributed by atoms with Gasteiger partial charge in [0.25, 0.3) is 5.91 Å². The van der Waals surface area contributed by atoms with Crippen molar-refractivity contribution in [3.63, 3.8) is 0 Å². The van der Waals surface area contributed by atoms with Crippen molar-refractivity contribution >= 4 is 23.2 Å². The standard InChI is InChI=1S/C31H34N2O5/c1-4-37-27-17-20(15-16-26(27)38-18-28(36)32-21-10-6-5-9-19(21)2)29-30-22(11-7-13-24(30)34)33(3)23-12-8-14-25(35)31(23)29/h5-6,9-10,15-17,29H,4,7-8,11-14,18H2,1-3H3,(H,32,36). The normalized spacial score (nSPS) is 17.8. The van der Waals surface area contributed by atoms with Crippen LogP contribution in [0.3, 0.4) is 0 Å². The fourth-order valence-electron chi connectivity index (χ4n) is 5.82. The summed E-state index contributed by atoms with van der Waals surface area (Å²) in [6, 6.07) is 13.1. The Balaban J connectivity index is 1.46. The van der Waals surface area contributed by atoms with Crippen LogP contribution in [0.2, 0.25) is 0 Å². The van der Waals surface area contributed by atoms with Gasteiger partial charge in [-0.15, -0.1) is 0 Å². The highest BCUT2D eigenvalue weighted by Gasteiger charge is 2.42. The lowest BCUT2D eigenvalue weighted by Gasteiger charge is -2.42. The summed E-state index contributed by atoms with van der Waals surface area (Å²) < 4.78 is 11.8. The zero-order chi connectivity index (χ0) is 26.8. The van der Waals surface area contributed by atoms with Gasteiger partial charge < -0.3 is 19.7 Å². The highest BCUT2D eigenvalue weighted by Crippen LogP contribution is 2.49. The zero-order valence-electron chi connectivity index (χ0n) is 22.3. The first-order valence-electron chi connectivity index (χ1n) is 13.4. The lowest BCUT2D eigenvalue weighted by molar-refractivity contribution is -0.118. The number of ether oxygens (including phenoxy) is 2. The summed E-state index contributed by atoms with van der Waals surface area (Å²) in [5, 5.41) is 2.87. The molecule has 198 valence electrons. The van der Waals surface area contributed by atoms with E-state index in [9.17, 15) is 14.4 Å². The molecule has 0 fully saturated rings. The second-order valence-corrected chi connectivity index (χ2v) is 10.1. The van der Waals surface area contributed by atoms with Crippen LogP contribution in [0.25, 0.3) is 0 Å². The number of hydrogen-bond acceptors (Lipinski definition) is 6. The molecule has 0 saturated carbocycles. The van der Waals surface area contributed by atoms with Crippen molar-refractivity contribution in [3.05, 3.63) is 76.1 Å². The minimum Gasteiger partial charge on any atom is -0.490 e. The molecule has 1 aliphatic heterocycles. The van der Waals surface area contributed by atoms with Gasteiger partial charge in [-0.25, -0.2) is 0 Å². The van der Waals surface area contributed by atoms with Gasteiger partial charge in [-0.3, -0.25) is 14.4 Å². The Morgan fingerprint density at radius 3 is 2.21 bits per heavy atom. The number of anilines is 1. The van der Waals surface area contributed by atoms with Gasteiger partial charge in [-0.1, -0.05) is 24.3 Å². The van der Waals surface area contributed by atoms with Gasteiger partial charge in [0.15, 0.2) is 29.7 Å². The lowest BCUT2D eigenvalue weighted by Crippen LogP contribution is -2.37. The Morgan fingerprint density at radius 2 is 1.58 bits per heavy atom. The molecule has 1 amide bonds. The van der Waals surface area contributed by atoms with Crippen LogP contribution >= 0.6 is 0 Å². The molecule has 0 radical (unpaired) electrons. The van der Waals surface area contributed by atoms with Crippen LogP contribution in [-0.4, -0.2) is 42.6 Å². The summed E-state index contributed by atoms with van der Waals surface area (Å²) in [7, 11) is 1.99. The maximum absolute atomic E-state index is 13.2. The second-order valence-electron chi connectivity index (χ2n) is 10.1. The van der Waals surface area contributed by atoms with Crippen molar-refractivity contribution in [2.24, 2.45) is 0 Å². The van der Waals surface area contributed by atoms with E-state index in [1.54, 1.807) is 6.07 Å². The van der Waals surface area contributed by atoms with E-state index in [2.05, 4.69) is 10.2 Å². The molecule has 7 heteroatoms. The van der Waals surface area contributed by atoms with E-state index in [4.69, 9.17) is 9.47 Å².